The van der Waals surface area contributed by atoms with Gasteiger partial charge in [0.05, 0.1) is 0 Å². The third-order valence-corrected chi connectivity index (χ3v) is 3.09. The second-order valence-corrected chi connectivity index (χ2v) is 4.54. The van der Waals surface area contributed by atoms with Gasteiger partial charge in [-0.15, -0.1) is 12.4 Å². The highest BCUT2D eigenvalue weighted by molar-refractivity contribution is 5.85. The summed E-state index contributed by atoms with van der Waals surface area (Å²) in [5.41, 5.74) is 4.28. The predicted octanol–water partition coefficient (Wildman–Crippen LogP) is 3.77. The Kier molecular flexibility index (Phi) is 5.46. The molecule has 0 saturated heterocycles. The van der Waals surface area contributed by atoms with Crippen LogP contribution >= 0.6 is 12.4 Å². The standard InChI is InChI=1S/C15H19N.ClH/c1-13-12-16(2)11-10-15(13)9-8-14-6-4-3-5-7-14;/h3-9H,10-12H2,1-2H3;1H/b9-8+;. The van der Waals surface area contributed by atoms with Gasteiger partial charge in [-0.2, -0.15) is 0 Å². The molecule has 0 fully saturated rings. The highest BCUT2D eigenvalue weighted by Gasteiger charge is 2.10. The van der Waals surface area contributed by atoms with E-state index in [-0.39, 0.29) is 12.4 Å². The summed E-state index contributed by atoms with van der Waals surface area (Å²) in [6.45, 7) is 4.51. The van der Waals surface area contributed by atoms with Crippen LogP contribution in [-0.2, 0) is 0 Å². The molecule has 17 heavy (non-hydrogen) atoms. The molecule has 0 aliphatic carbocycles. The van der Waals surface area contributed by atoms with E-state index in [2.05, 4.69) is 61.4 Å². The van der Waals surface area contributed by atoms with E-state index >= 15 is 0 Å². The average molecular weight is 250 g/mol. The van der Waals surface area contributed by atoms with Crippen molar-refractivity contribution in [1.29, 1.82) is 0 Å². The van der Waals surface area contributed by atoms with E-state index in [9.17, 15) is 0 Å². The van der Waals surface area contributed by atoms with Gasteiger partial charge in [0.1, 0.15) is 0 Å². The van der Waals surface area contributed by atoms with E-state index in [0.717, 1.165) is 6.54 Å². The summed E-state index contributed by atoms with van der Waals surface area (Å²) < 4.78 is 0. The predicted molar refractivity (Wildman–Crippen MR) is 77.5 cm³/mol. The first-order valence-electron chi connectivity index (χ1n) is 5.86. The van der Waals surface area contributed by atoms with Crippen molar-refractivity contribution >= 4 is 18.5 Å². The van der Waals surface area contributed by atoms with Crippen molar-refractivity contribution in [3.8, 4) is 0 Å². The van der Waals surface area contributed by atoms with Crippen LogP contribution in [0.15, 0.2) is 47.6 Å². The number of benzene rings is 1. The van der Waals surface area contributed by atoms with Gasteiger partial charge < -0.3 is 4.90 Å². The minimum Gasteiger partial charge on any atom is -0.302 e. The third kappa shape index (κ3) is 4.03. The third-order valence-electron chi connectivity index (χ3n) is 3.09. The molecule has 0 saturated carbocycles. The van der Waals surface area contributed by atoms with Crippen molar-refractivity contribution in [2.24, 2.45) is 0 Å². The van der Waals surface area contributed by atoms with Crippen LogP contribution in [0, 0.1) is 0 Å². The Balaban J connectivity index is 0.00000144. The van der Waals surface area contributed by atoms with Crippen LogP contribution in [0.3, 0.4) is 0 Å². The number of likely N-dealkylation sites (N-methyl/N-ethyl adjacent to an activating group) is 1. The Labute approximate surface area is 110 Å². The Morgan fingerprint density at radius 1 is 1.12 bits per heavy atom. The second kappa shape index (κ2) is 6.63. The highest BCUT2D eigenvalue weighted by Crippen LogP contribution is 2.18. The number of rotatable bonds is 2. The first kappa shape index (κ1) is 14.0. The molecule has 2 rings (SSSR count). The lowest BCUT2D eigenvalue weighted by Gasteiger charge is -2.24. The first-order chi connectivity index (χ1) is 7.75. The van der Waals surface area contributed by atoms with Gasteiger partial charge in [0.25, 0.3) is 0 Å². The van der Waals surface area contributed by atoms with Gasteiger partial charge in [0, 0.05) is 13.1 Å². The molecule has 0 radical (unpaired) electrons. The van der Waals surface area contributed by atoms with Gasteiger partial charge in [-0.25, -0.2) is 0 Å². The van der Waals surface area contributed by atoms with Crippen molar-refractivity contribution < 1.29 is 0 Å². The van der Waals surface area contributed by atoms with E-state index in [4.69, 9.17) is 0 Å². The molecule has 1 nitrogen and oxygen atoms in total. The lowest BCUT2D eigenvalue weighted by molar-refractivity contribution is 0.350. The molecule has 1 heterocycles. The van der Waals surface area contributed by atoms with E-state index in [1.807, 2.05) is 0 Å². The van der Waals surface area contributed by atoms with Gasteiger partial charge in [-0.05, 0) is 31.5 Å². The van der Waals surface area contributed by atoms with Gasteiger partial charge >= 0.3 is 0 Å². The molecule has 1 aromatic rings. The number of nitrogens with zero attached hydrogens (tertiary/aromatic N) is 1. The molecule has 0 spiro atoms. The summed E-state index contributed by atoms with van der Waals surface area (Å²) in [4.78, 5) is 2.37. The summed E-state index contributed by atoms with van der Waals surface area (Å²) in [7, 11) is 2.18. The zero-order chi connectivity index (χ0) is 11.4. The minimum absolute atomic E-state index is 0. The molecule has 2 heteroatoms. The summed E-state index contributed by atoms with van der Waals surface area (Å²) >= 11 is 0. The van der Waals surface area contributed by atoms with E-state index in [1.54, 1.807) is 0 Å². The van der Waals surface area contributed by atoms with Crippen LogP contribution in [0.2, 0.25) is 0 Å². The van der Waals surface area contributed by atoms with Crippen LogP contribution in [0.5, 0.6) is 0 Å². The lowest BCUT2D eigenvalue weighted by atomic mass is 10.0. The van der Waals surface area contributed by atoms with E-state index in [0.29, 0.717) is 0 Å². The summed E-state index contributed by atoms with van der Waals surface area (Å²) in [6.07, 6.45) is 5.66. The maximum Gasteiger partial charge on any atom is 0.0193 e. The number of hydrogen-bond donors (Lipinski definition) is 0. The van der Waals surface area contributed by atoms with Crippen molar-refractivity contribution in [1.82, 2.24) is 4.90 Å². The van der Waals surface area contributed by atoms with Crippen molar-refractivity contribution in [2.45, 2.75) is 13.3 Å². The Morgan fingerprint density at radius 3 is 2.47 bits per heavy atom. The smallest absolute Gasteiger partial charge is 0.0193 e. The van der Waals surface area contributed by atoms with E-state index < -0.39 is 0 Å². The lowest BCUT2D eigenvalue weighted by Crippen LogP contribution is -2.26. The summed E-state index contributed by atoms with van der Waals surface area (Å²) in [5.74, 6) is 0. The second-order valence-electron chi connectivity index (χ2n) is 4.54. The van der Waals surface area contributed by atoms with Crippen LogP contribution < -0.4 is 0 Å². The normalized spacial score (nSPS) is 17.3. The van der Waals surface area contributed by atoms with Gasteiger partial charge in [0.2, 0.25) is 0 Å². The molecule has 0 N–H and O–H groups in total. The zero-order valence-electron chi connectivity index (χ0n) is 10.5. The van der Waals surface area contributed by atoms with Gasteiger partial charge in [-0.1, -0.05) is 48.1 Å². The van der Waals surface area contributed by atoms with E-state index in [1.165, 1.54) is 29.7 Å². The molecule has 0 atom stereocenters. The number of halogens is 1. The van der Waals surface area contributed by atoms with Gasteiger partial charge in [-0.3, -0.25) is 0 Å². The Hall–Kier alpha value is -1.05. The molecule has 1 aliphatic heterocycles. The first-order valence-corrected chi connectivity index (χ1v) is 5.86. The molecule has 0 aromatic heterocycles. The summed E-state index contributed by atoms with van der Waals surface area (Å²) in [5, 5.41) is 0. The molecule has 0 amide bonds. The molecule has 1 aromatic carbocycles. The highest BCUT2D eigenvalue weighted by atomic mass is 35.5. The minimum atomic E-state index is 0. The fourth-order valence-corrected chi connectivity index (χ4v) is 2.10. The van der Waals surface area contributed by atoms with Gasteiger partial charge in [0.15, 0.2) is 0 Å². The SMILES string of the molecule is CC1=C(/C=C/c2ccccc2)CCN(C)C1.Cl. The number of allylic oxidation sites excluding steroid dienone is 1. The number of hydrogen-bond acceptors (Lipinski definition) is 1. The maximum atomic E-state index is 2.37. The van der Waals surface area contributed by atoms with Crippen LogP contribution in [0.25, 0.3) is 6.08 Å². The van der Waals surface area contributed by atoms with Crippen LogP contribution in [-0.4, -0.2) is 25.0 Å². The van der Waals surface area contributed by atoms with Crippen LogP contribution in [0.4, 0.5) is 0 Å². The monoisotopic (exact) mass is 249 g/mol. The molecule has 1 aliphatic rings. The van der Waals surface area contributed by atoms with Crippen molar-refractivity contribution in [2.75, 3.05) is 20.1 Å². The molecule has 0 unspecified atom stereocenters. The quantitative estimate of drug-likeness (QED) is 0.771. The van der Waals surface area contributed by atoms with Crippen molar-refractivity contribution in [3.63, 3.8) is 0 Å². The molecule has 0 bridgehead atoms. The average Bonchev–Trinajstić information content (AvgIpc) is 2.29. The largest absolute Gasteiger partial charge is 0.302 e. The molecular formula is C15H20ClN. The zero-order valence-corrected chi connectivity index (χ0v) is 11.3. The fourth-order valence-electron chi connectivity index (χ4n) is 2.10. The van der Waals surface area contributed by atoms with Crippen molar-refractivity contribution in [3.05, 3.63) is 53.1 Å². The molecular weight excluding hydrogens is 230 g/mol. The van der Waals surface area contributed by atoms with Crippen LogP contribution in [0.1, 0.15) is 18.9 Å². The fraction of sp³-hybridized carbons (Fsp3) is 0.333. The Bertz CT molecular complexity index is 406. The maximum absolute atomic E-state index is 2.37. The topological polar surface area (TPSA) is 3.24 Å². The Morgan fingerprint density at radius 2 is 1.82 bits per heavy atom. The summed E-state index contributed by atoms with van der Waals surface area (Å²) in [6, 6.07) is 10.5. The molecule has 92 valence electrons.